The van der Waals surface area contributed by atoms with Crippen molar-refractivity contribution in [1.82, 2.24) is 15.0 Å². The van der Waals surface area contributed by atoms with Gasteiger partial charge in [-0.3, -0.25) is 9.97 Å². The number of rotatable bonds is 4. The van der Waals surface area contributed by atoms with E-state index in [1.807, 2.05) is 36.7 Å². The highest BCUT2D eigenvalue weighted by molar-refractivity contribution is 6.01. The van der Waals surface area contributed by atoms with Crippen molar-refractivity contribution in [3.05, 3.63) is 164 Å². The van der Waals surface area contributed by atoms with Crippen LogP contribution >= 0.6 is 0 Å². The number of hydrogen-bond acceptors (Lipinski definition) is 3. The lowest BCUT2D eigenvalue weighted by Crippen LogP contribution is -1.93. The average Bonchev–Trinajstić information content (AvgIpc) is 3.13. The van der Waals surface area contributed by atoms with Crippen LogP contribution in [-0.2, 0) is 0 Å². The molecule has 0 N–H and O–H groups in total. The maximum absolute atomic E-state index is 5.20. The molecule has 0 amide bonds. The lowest BCUT2D eigenvalue weighted by Gasteiger charge is -2.13. The fourth-order valence-corrected chi connectivity index (χ4v) is 6.54. The zero-order valence-electron chi connectivity index (χ0n) is 24.9. The van der Waals surface area contributed by atoms with Gasteiger partial charge in [0, 0.05) is 39.9 Å². The summed E-state index contributed by atoms with van der Waals surface area (Å²) in [6.45, 7) is 0. The van der Waals surface area contributed by atoms with Crippen molar-refractivity contribution in [3.8, 4) is 44.8 Å². The molecule has 3 nitrogen and oxygen atoms in total. The van der Waals surface area contributed by atoms with Crippen LogP contribution in [0.2, 0.25) is 0 Å². The minimum absolute atomic E-state index is 0.923. The highest BCUT2D eigenvalue weighted by Gasteiger charge is 2.14. The first-order valence-corrected chi connectivity index (χ1v) is 15.5. The van der Waals surface area contributed by atoms with Gasteiger partial charge in [-0.05, 0) is 86.8 Å². The Bertz CT molecular complexity index is 2580. The van der Waals surface area contributed by atoms with Gasteiger partial charge in [0.15, 0.2) is 0 Å². The Morgan fingerprint density at radius 2 is 1.00 bits per heavy atom. The molecule has 6 aromatic carbocycles. The summed E-state index contributed by atoms with van der Waals surface area (Å²) in [5.41, 5.74) is 10.4. The number of fused-ring (bicyclic) bond motifs is 4. The van der Waals surface area contributed by atoms with Crippen LogP contribution in [0, 0.1) is 0 Å². The van der Waals surface area contributed by atoms with Crippen molar-refractivity contribution in [2.75, 3.05) is 0 Å². The molecule has 0 aliphatic rings. The minimum Gasteiger partial charge on any atom is -0.256 e. The van der Waals surface area contributed by atoms with Crippen molar-refractivity contribution in [1.29, 1.82) is 0 Å². The third kappa shape index (κ3) is 4.58. The van der Waals surface area contributed by atoms with Crippen LogP contribution in [0.1, 0.15) is 0 Å². The Morgan fingerprint density at radius 1 is 0.348 bits per heavy atom. The highest BCUT2D eigenvalue weighted by atomic mass is 14.7. The van der Waals surface area contributed by atoms with Gasteiger partial charge in [0.25, 0.3) is 0 Å². The third-order valence-corrected chi connectivity index (χ3v) is 8.94. The van der Waals surface area contributed by atoms with E-state index in [1.165, 1.54) is 27.1 Å². The van der Waals surface area contributed by atoms with Crippen LogP contribution in [-0.4, -0.2) is 15.0 Å². The van der Waals surface area contributed by atoms with Gasteiger partial charge < -0.3 is 0 Å². The fraction of sp³-hybridized carbons (Fsp3) is 0. The third-order valence-electron chi connectivity index (χ3n) is 8.94. The normalized spacial score (nSPS) is 11.5. The van der Waals surface area contributed by atoms with Gasteiger partial charge in [0.1, 0.15) is 0 Å². The van der Waals surface area contributed by atoms with E-state index < -0.39 is 0 Å². The molecule has 9 rings (SSSR count). The van der Waals surface area contributed by atoms with E-state index in [1.54, 1.807) is 0 Å². The first-order chi connectivity index (χ1) is 22.8. The van der Waals surface area contributed by atoms with Gasteiger partial charge >= 0.3 is 0 Å². The summed E-state index contributed by atoms with van der Waals surface area (Å²) in [6.07, 6.45) is 3.85. The Hall–Kier alpha value is -6.19. The summed E-state index contributed by atoms with van der Waals surface area (Å²) in [5.74, 6) is 0. The second-order valence-corrected chi connectivity index (χ2v) is 11.7. The van der Waals surface area contributed by atoms with Gasteiger partial charge in [0.2, 0.25) is 0 Å². The van der Waals surface area contributed by atoms with Crippen molar-refractivity contribution >= 4 is 43.4 Å². The van der Waals surface area contributed by atoms with Gasteiger partial charge in [-0.1, -0.05) is 103 Å². The smallest absolute Gasteiger partial charge is 0.0716 e. The highest BCUT2D eigenvalue weighted by Crippen LogP contribution is 2.37. The van der Waals surface area contributed by atoms with E-state index in [9.17, 15) is 0 Å². The topological polar surface area (TPSA) is 38.7 Å². The standard InChI is InChI=1S/C43H27N3/c1-3-9-30-23-32(15-13-28(30)7-1)33-17-20-42-39(25-33)38(26-43(46-42)34-16-14-29-8-2-4-10-31(29)24-34)35-18-19-41(45-27-35)37-21-22-44-40-12-6-5-11-36(37)40/h1-27H. The van der Waals surface area contributed by atoms with Crippen LogP contribution in [0.4, 0.5) is 0 Å². The number of aromatic nitrogens is 3. The molecule has 3 heterocycles. The molecular formula is C43H27N3. The van der Waals surface area contributed by atoms with E-state index in [0.717, 1.165) is 61.0 Å². The van der Waals surface area contributed by atoms with Crippen molar-refractivity contribution in [3.63, 3.8) is 0 Å². The van der Waals surface area contributed by atoms with Crippen LogP contribution in [0.15, 0.2) is 164 Å². The summed E-state index contributed by atoms with van der Waals surface area (Å²) in [6, 6.07) is 53.6. The largest absolute Gasteiger partial charge is 0.256 e. The molecule has 0 spiro atoms. The van der Waals surface area contributed by atoms with E-state index >= 15 is 0 Å². The van der Waals surface area contributed by atoms with E-state index in [0.29, 0.717) is 0 Å². The first kappa shape index (κ1) is 26.2. The molecule has 0 saturated heterocycles. The molecular weight excluding hydrogens is 558 g/mol. The second-order valence-electron chi connectivity index (χ2n) is 11.7. The zero-order valence-corrected chi connectivity index (χ0v) is 24.9. The predicted octanol–water partition coefficient (Wildman–Crippen LogP) is 11.2. The van der Waals surface area contributed by atoms with Gasteiger partial charge in [0.05, 0.1) is 22.4 Å². The fourth-order valence-electron chi connectivity index (χ4n) is 6.54. The monoisotopic (exact) mass is 585 g/mol. The summed E-state index contributed by atoms with van der Waals surface area (Å²) in [5, 5.41) is 7.08. The number of pyridine rings is 3. The summed E-state index contributed by atoms with van der Waals surface area (Å²) >= 11 is 0. The van der Waals surface area contributed by atoms with Gasteiger partial charge in [-0.2, -0.15) is 0 Å². The van der Waals surface area contributed by atoms with Crippen LogP contribution in [0.25, 0.3) is 88.1 Å². The van der Waals surface area contributed by atoms with Crippen LogP contribution < -0.4 is 0 Å². The molecule has 0 radical (unpaired) electrons. The van der Waals surface area contributed by atoms with Crippen molar-refractivity contribution < 1.29 is 0 Å². The van der Waals surface area contributed by atoms with Crippen LogP contribution in [0.5, 0.6) is 0 Å². The maximum atomic E-state index is 5.20. The molecule has 46 heavy (non-hydrogen) atoms. The molecule has 0 saturated carbocycles. The Balaban J connectivity index is 1.22. The molecule has 0 fully saturated rings. The number of nitrogens with zero attached hydrogens (tertiary/aromatic N) is 3. The lowest BCUT2D eigenvalue weighted by molar-refractivity contribution is 1.32. The molecule has 0 aliphatic heterocycles. The molecule has 0 bridgehead atoms. The predicted molar refractivity (Wildman–Crippen MR) is 192 cm³/mol. The molecule has 0 aliphatic carbocycles. The van der Waals surface area contributed by atoms with Gasteiger partial charge in [-0.15, -0.1) is 0 Å². The molecule has 0 unspecified atom stereocenters. The minimum atomic E-state index is 0.923. The molecule has 0 atom stereocenters. The maximum Gasteiger partial charge on any atom is 0.0716 e. The zero-order chi connectivity index (χ0) is 30.5. The van der Waals surface area contributed by atoms with E-state index in [4.69, 9.17) is 9.97 Å². The lowest BCUT2D eigenvalue weighted by atomic mass is 9.94. The Kier molecular flexibility index (Phi) is 6.14. The summed E-state index contributed by atoms with van der Waals surface area (Å²) in [7, 11) is 0. The first-order valence-electron chi connectivity index (χ1n) is 15.5. The molecule has 3 heteroatoms. The molecule has 9 aromatic rings. The van der Waals surface area contributed by atoms with Crippen LogP contribution in [0.3, 0.4) is 0 Å². The number of hydrogen-bond donors (Lipinski definition) is 0. The van der Waals surface area contributed by atoms with Crippen molar-refractivity contribution in [2.45, 2.75) is 0 Å². The van der Waals surface area contributed by atoms with E-state index in [2.05, 4.69) is 132 Å². The SMILES string of the molecule is c1ccc2cc(-c3ccc4nc(-c5ccc6ccccc6c5)cc(-c5ccc(-c6ccnc7ccccc67)nc5)c4c3)ccc2c1. The quantitative estimate of drug-likeness (QED) is 0.206. The van der Waals surface area contributed by atoms with E-state index in [-0.39, 0.29) is 0 Å². The summed E-state index contributed by atoms with van der Waals surface area (Å²) < 4.78 is 0. The Morgan fingerprint density at radius 3 is 1.78 bits per heavy atom. The average molecular weight is 586 g/mol. The second kappa shape index (κ2) is 10.8. The molecule has 214 valence electrons. The van der Waals surface area contributed by atoms with Crippen molar-refractivity contribution in [2.24, 2.45) is 0 Å². The molecule has 3 aromatic heterocycles. The number of benzene rings is 6. The number of para-hydroxylation sites is 1. The van der Waals surface area contributed by atoms with Gasteiger partial charge in [-0.25, -0.2) is 4.98 Å². The Labute approximate surface area is 266 Å². The summed E-state index contributed by atoms with van der Waals surface area (Å²) in [4.78, 5) is 14.7.